The molecule has 0 radical (unpaired) electrons. The molecule has 1 unspecified atom stereocenters. The van der Waals surface area contributed by atoms with Gasteiger partial charge in [0.25, 0.3) is 5.91 Å². The molecule has 0 aliphatic heterocycles. The molecule has 2 amide bonds. The standard InChI is InChI=1S/C16H22N2O4/c1-10(2)11(3)17-15(20)9-22-16(21)13-6-5-7-14(8-13)18-12(4)19/h5-8,10-11H,9H2,1-4H3,(H,17,20)(H,18,19). The number of carbonyl (C=O) groups excluding carboxylic acids is 3. The Labute approximate surface area is 130 Å². The summed E-state index contributed by atoms with van der Waals surface area (Å²) in [6.45, 7) is 6.92. The lowest BCUT2D eigenvalue weighted by Gasteiger charge is -2.17. The number of carbonyl (C=O) groups is 3. The first-order valence-corrected chi connectivity index (χ1v) is 7.13. The number of hydrogen-bond acceptors (Lipinski definition) is 4. The summed E-state index contributed by atoms with van der Waals surface area (Å²) in [6.07, 6.45) is 0. The second kappa shape index (κ2) is 8.17. The first-order chi connectivity index (χ1) is 10.3. The van der Waals surface area contributed by atoms with Crippen LogP contribution in [-0.4, -0.2) is 30.4 Å². The lowest BCUT2D eigenvalue weighted by molar-refractivity contribution is -0.125. The molecule has 1 atom stereocenters. The van der Waals surface area contributed by atoms with Gasteiger partial charge < -0.3 is 15.4 Å². The van der Waals surface area contributed by atoms with Crippen molar-refractivity contribution in [2.24, 2.45) is 5.92 Å². The number of anilines is 1. The van der Waals surface area contributed by atoms with Crippen molar-refractivity contribution < 1.29 is 19.1 Å². The Kier molecular flexibility index (Phi) is 6.56. The van der Waals surface area contributed by atoms with E-state index in [1.54, 1.807) is 18.2 Å². The fourth-order valence-corrected chi connectivity index (χ4v) is 1.60. The van der Waals surface area contributed by atoms with Gasteiger partial charge in [0.2, 0.25) is 5.91 Å². The number of benzene rings is 1. The van der Waals surface area contributed by atoms with Crippen molar-refractivity contribution in [3.05, 3.63) is 29.8 Å². The fourth-order valence-electron chi connectivity index (χ4n) is 1.60. The lowest BCUT2D eigenvalue weighted by Crippen LogP contribution is -2.38. The van der Waals surface area contributed by atoms with Gasteiger partial charge in [-0.15, -0.1) is 0 Å². The molecule has 0 aliphatic rings. The molecule has 0 aromatic heterocycles. The molecule has 120 valence electrons. The summed E-state index contributed by atoms with van der Waals surface area (Å²) >= 11 is 0. The monoisotopic (exact) mass is 306 g/mol. The molecule has 6 heteroatoms. The first kappa shape index (κ1) is 17.7. The summed E-state index contributed by atoms with van der Waals surface area (Å²) in [7, 11) is 0. The minimum atomic E-state index is -0.612. The minimum Gasteiger partial charge on any atom is -0.452 e. The van der Waals surface area contributed by atoms with Crippen LogP contribution in [0.15, 0.2) is 24.3 Å². The zero-order chi connectivity index (χ0) is 16.7. The topological polar surface area (TPSA) is 84.5 Å². The number of esters is 1. The molecule has 0 heterocycles. The van der Waals surface area contributed by atoms with E-state index in [2.05, 4.69) is 10.6 Å². The normalized spacial score (nSPS) is 11.7. The summed E-state index contributed by atoms with van der Waals surface area (Å²) in [4.78, 5) is 34.5. The Morgan fingerprint density at radius 3 is 2.45 bits per heavy atom. The largest absolute Gasteiger partial charge is 0.452 e. The Morgan fingerprint density at radius 1 is 1.18 bits per heavy atom. The van der Waals surface area contributed by atoms with Gasteiger partial charge >= 0.3 is 5.97 Å². The summed E-state index contributed by atoms with van der Waals surface area (Å²) in [6, 6.07) is 6.35. The highest BCUT2D eigenvalue weighted by atomic mass is 16.5. The Balaban J connectivity index is 2.55. The van der Waals surface area contributed by atoms with Crippen molar-refractivity contribution in [1.82, 2.24) is 5.32 Å². The summed E-state index contributed by atoms with van der Waals surface area (Å²) < 4.78 is 4.97. The molecule has 0 aliphatic carbocycles. The maximum absolute atomic E-state index is 11.9. The van der Waals surface area contributed by atoms with E-state index in [1.807, 2.05) is 20.8 Å². The second-order valence-corrected chi connectivity index (χ2v) is 5.44. The van der Waals surface area contributed by atoms with Crippen LogP contribution in [0.3, 0.4) is 0 Å². The molecule has 0 bridgehead atoms. The van der Waals surface area contributed by atoms with Crippen LogP contribution in [0.2, 0.25) is 0 Å². The molecule has 22 heavy (non-hydrogen) atoms. The maximum Gasteiger partial charge on any atom is 0.338 e. The van der Waals surface area contributed by atoms with Crippen LogP contribution in [0.25, 0.3) is 0 Å². The molecular formula is C16H22N2O4. The van der Waals surface area contributed by atoms with Gasteiger partial charge in [-0.1, -0.05) is 19.9 Å². The Morgan fingerprint density at radius 2 is 1.86 bits per heavy atom. The molecule has 2 N–H and O–H groups in total. The van der Waals surface area contributed by atoms with E-state index in [-0.39, 0.29) is 30.0 Å². The average molecular weight is 306 g/mol. The van der Waals surface area contributed by atoms with Gasteiger partial charge in [-0.25, -0.2) is 4.79 Å². The van der Waals surface area contributed by atoms with Gasteiger partial charge in [0.1, 0.15) is 0 Å². The molecule has 6 nitrogen and oxygen atoms in total. The number of hydrogen-bond donors (Lipinski definition) is 2. The zero-order valence-corrected chi connectivity index (χ0v) is 13.3. The smallest absolute Gasteiger partial charge is 0.338 e. The van der Waals surface area contributed by atoms with Crippen LogP contribution in [-0.2, 0) is 14.3 Å². The van der Waals surface area contributed by atoms with E-state index in [0.29, 0.717) is 11.6 Å². The summed E-state index contributed by atoms with van der Waals surface area (Å²) in [5.74, 6) is -0.881. The van der Waals surface area contributed by atoms with Crippen molar-refractivity contribution in [3.63, 3.8) is 0 Å². The van der Waals surface area contributed by atoms with Gasteiger partial charge in [-0.2, -0.15) is 0 Å². The Hall–Kier alpha value is -2.37. The minimum absolute atomic E-state index is 0.00861. The predicted molar refractivity (Wildman–Crippen MR) is 83.5 cm³/mol. The molecule has 1 aromatic rings. The van der Waals surface area contributed by atoms with Crippen LogP contribution in [0.1, 0.15) is 38.1 Å². The van der Waals surface area contributed by atoms with Crippen molar-refractivity contribution in [3.8, 4) is 0 Å². The van der Waals surface area contributed by atoms with Crippen molar-refractivity contribution >= 4 is 23.5 Å². The van der Waals surface area contributed by atoms with E-state index in [4.69, 9.17) is 4.74 Å². The van der Waals surface area contributed by atoms with Gasteiger partial charge in [0, 0.05) is 18.7 Å². The second-order valence-electron chi connectivity index (χ2n) is 5.44. The van der Waals surface area contributed by atoms with Crippen LogP contribution < -0.4 is 10.6 Å². The zero-order valence-electron chi connectivity index (χ0n) is 13.3. The Bertz CT molecular complexity index is 555. The van der Waals surface area contributed by atoms with E-state index in [9.17, 15) is 14.4 Å². The molecule has 0 fully saturated rings. The highest BCUT2D eigenvalue weighted by Crippen LogP contribution is 2.11. The molecule has 0 saturated heterocycles. The van der Waals surface area contributed by atoms with Crippen LogP contribution in [0.4, 0.5) is 5.69 Å². The van der Waals surface area contributed by atoms with Crippen molar-refractivity contribution in [2.75, 3.05) is 11.9 Å². The predicted octanol–water partition coefficient (Wildman–Crippen LogP) is 1.96. The van der Waals surface area contributed by atoms with Crippen LogP contribution in [0.5, 0.6) is 0 Å². The van der Waals surface area contributed by atoms with Crippen molar-refractivity contribution in [2.45, 2.75) is 33.7 Å². The highest BCUT2D eigenvalue weighted by Gasteiger charge is 2.14. The molecular weight excluding hydrogens is 284 g/mol. The van der Waals surface area contributed by atoms with E-state index >= 15 is 0 Å². The summed E-state index contributed by atoms with van der Waals surface area (Å²) in [5.41, 5.74) is 0.774. The summed E-state index contributed by atoms with van der Waals surface area (Å²) in [5, 5.41) is 5.33. The fraction of sp³-hybridized carbons (Fsp3) is 0.438. The van der Waals surface area contributed by atoms with E-state index in [0.717, 1.165) is 0 Å². The first-order valence-electron chi connectivity index (χ1n) is 7.13. The maximum atomic E-state index is 11.9. The molecule has 1 rings (SSSR count). The van der Waals surface area contributed by atoms with Crippen molar-refractivity contribution in [1.29, 1.82) is 0 Å². The molecule has 0 spiro atoms. The van der Waals surface area contributed by atoms with Crippen LogP contribution in [0, 0.1) is 5.92 Å². The average Bonchev–Trinajstić information content (AvgIpc) is 2.44. The number of nitrogens with one attached hydrogen (secondary N) is 2. The number of rotatable bonds is 6. The third-order valence-corrected chi connectivity index (χ3v) is 3.14. The van der Waals surface area contributed by atoms with Gasteiger partial charge in [0.05, 0.1) is 5.56 Å². The number of amides is 2. The third kappa shape index (κ3) is 5.95. The van der Waals surface area contributed by atoms with E-state index < -0.39 is 5.97 Å². The van der Waals surface area contributed by atoms with Crippen LogP contribution >= 0.6 is 0 Å². The quantitative estimate of drug-likeness (QED) is 0.787. The van der Waals surface area contributed by atoms with E-state index in [1.165, 1.54) is 13.0 Å². The molecule has 1 aromatic carbocycles. The lowest BCUT2D eigenvalue weighted by atomic mass is 10.1. The van der Waals surface area contributed by atoms with Gasteiger partial charge in [-0.05, 0) is 31.0 Å². The molecule has 0 saturated carbocycles. The number of ether oxygens (including phenoxy) is 1. The van der Waals surface area contributed by atoms with Gasteiger partial charge in [0.15, 0.2) is 6.61 Å². The SMILES string of the molecule is CC(=O)Nc1cccc(C(=O)OCC(=O)NC(C)C(C)C)c1. The van der Waals surface area contributed by atoms with Gasteiger partial charge in [-0.3, -0.25) is 9.59 Å². The third-order valence-electron chi connectivity index (χ3n) is 3.14. The highest BCUT2D eigenvalue weighted by molar-refractivity contribution is 5.94.